The quantitative estimate of drug-likeness (QED) is 0.662. The average molecular weight is 302 g/mol. The van der Waals surface area contributed by atoms with Crippen molar-refractivity contribution in [1.82, 2.24) is 4.98 Å². The molecule has 0 saturated carbocycles. The van der Waals surface area contributed by atoms with Crippen molar-refractivity contribution < 1.29 is 4.79 Å². The summed E-state index contributed by atoms with van der Waals surface area (Å²) in [7, 11) is 2.04. The molecular formula is C20H18N2O. The van der Waals surface area contributed by atoms with Crippen LogP contribution < -0.4 is 4.90 Å². The number of aldehydes is 1. The minimum atomic E-state index is 0.694. The van der Waals surface area contributed by atoms with Crippen LogP contribution in [-0.2, 0) is 6.54 Å². The second-order valence-corrected chi connectivity index (χ2v) is 5.48. The maximum Gasteiger partial charge on any atom is 0.150 e. The van der Waals surface area contributed by atoms with Gasteiger partial charge in [-0.25, -0.2) is 4.98 Å². The number of carbonyl (C=O) groups is 1. The van der Waals surface area contributed by atoms with E-state index in [1.165, 1.54) is 5.56 Å². The number of carbonyl (C=O) groups excluding carboxylic acids is 1. The summed E-state index contributed by atoms with van der Waals surface area (Å²) in [6, 6.07) is 22.0. The number of rotatable bonds is 5. The van der Waals surface area contributed by atoms with Crippen molar-refractivity contribution in [1.29, 1.82) is 0 Å². The second kappa shape index (κ2) is 6.88. The zero-order chi connectivity index (χ0) is 16.1. The number of pyridine rings is 1. The predicted molar refractivity (Wildman–Crippen MR) is 93.6 cm³/mol. The Kier molecular flexibility index (Phi) is 4.48. The highest BCUT2D eigenvalue weighted by Gasteiger charge is 2.04. The van der Waals surface area contributed by atoms with Gasteiger partial charge in [-0.3, -0.25) is 4.79 Å². The number of benzene rings is 2. The molecule has 0 fully saturated rings. The van der Waals surface area contributed by atoms with Gasteiger partial charge in [0.2, 0.25) is 0 Å². The van der Waals surface area contributed by atoms with Crippen LogP contribution >= 0.6 is 0 Å². The van der Waals surface area contributed by atoms with Crippen molar-refractivity contribution in [3.63, 3.8) is 0 Å². The second-order valence-electron chi connectivity index (χ2n) is 5.48. The fourth-order valence-corrected chi connectivity index (χ4v) is 2.54. The Morgan fingerprint density at radius 3 is 2.48 bits per heavy atom. The van der Waals surface area contributed by atoms with Crippen LogP contribution in [0.2, 0.25) is 0 Å². The molecule has 0 bridgehead atoms. The summed E-state index contributed by atoms with van der Waals surface area (Å²) in [5.74, 6) is 0.952. The van der Waals surface area contributed by atoms with E-state index >= 15 is 0 Å². The SMILES string of the molecule is CN(Cc1cccc(-c2ccc(C=O)cc2)c1)c1ccccn1. The maximum absolute atomic E-state index is 10.8. The van der Waals surface area contributed by atoms with Crippen molar-refractivity contribution in [3.05, 3.63) is 84.1 Å². The van der Waals surface area contributed by atoms with Gasteiger partial charge in [-0.1, -0.05) is 48.5 Å². The lowest BCUT2D eigenvalue weighted by atomic mass is 10.0. The van der Waals surface area contributed by atoms with Crippen molar-refractivity contribution >= 4 is 12.1 Å². The Hall–Kier alpha value is -2.94. The topological polar surface area (TPSA) is 33.2 Å². The van der Waals surface area contributed by atoms with E-state index in [-0.39, 0.29) is 0 Å². The molecule has 0 aliphatic carbocycles. The van der Waals surface area contributed by atoms with Gasteiger partial charge in [0.25, 0.3) is 0 Å². The van der Waals surface area contributed by atoms with Crippen molar-refractivity contribution in [2.24, 2.45) is 0 Å². The Balaban J connectivity index is 1.80. The molecule has 1 aromatic heterocycles. The first-order valence-electron chi connectivity index (χ1n) is 7.53. The summed E-state index contributed by atoms with van der Waals surface area (Å²) in [6.07, 6.45) is 2.67. The van der Waals surface area contributed by atoms with Crippen LogP contribution in [-0.4, -0.2) is 18.3 Å². The van der Waals surface area contributed by atoms with Crippen LogP contribution in [0.4, 0.5) is 5.82 Å². The normalized spacial score (nSPS) is 10.3. The molecule has 0 radical (unpaired) electrons. The average Bonchev–Trinajstić information content (AvgIpc) is 2.63. The predicted octanol–water partition coefficient (Wildman–Crippen LogP) is 4.20. The molecule has 2 aromatic carbocycles. The number of nitrogens with zero attached hydrogens (tertiary/aromatic N) is 2. The molecule has 3 heteroatoms. The number of aromatic nitrogens is 1. The van der Waals surface area contributed by atoms with Crippen molar-refractivity contribution in [2.75, 3.05) is 11.9 Å². The van der Waals surface area contributed by atoms with Crippen LogP contribution in [0.3, 0.4) is 0 Å². The summed E-state index contributed by atoms with van der Waals surface area (Å²) in [6.45, 7) is 0.789. The molecule has 0 saturated heterocycles. The van der Waals surface area contributed by atoms with Crippen LogP contribution in [0.1, 0.15) is 15.9 Å². The van der Waals surface area contributed by atoms with Gasteiger partial charge < -0.3 is 4.90 Å². The molecule has 0 N–H and O–H groups in total. The van der Waals surface area contributed by atoms with E-state index in [0.717, 1.165) is 29.8 Å². The van der Waals surface area contributed by atoms with Gasteiger partial charge in [0, 0.05) is 25.4 Å². The summed E-state index contributed by atoms with van der Waals surface area (Å²) in [5.41, 5.74) is 4.17. The lowest BCUT2D eigenvalue weighted by Crippen LogP contribution is -2.17. The number of hydrogen-bond donors (Lipinski definition) is 0. The minimum Gasteiger partial charge on any atom is -0.355 e. The molecule has 0 unspecified atom stereocenters. The molecule has 0 aliphatic heterocycles. The summed E-state index contributed by atoms with van der Waals surface area (Å²) >= 11 is 0. The molecule has 0 atom stereocenters. The lowest BCUT2D eigenvalue weighted by molar-refractivity contribution is 0.112. The number of anilines is 1. The molecule has 0 aliphatic rings. The fraction of sp³-hybridized carbons (Fsp3) is 0.100. The first-order valence-corrected chi connectivity index (χ1v) is 7.53. The summed E-state index contributed by atoms with van der Waals surface area (Å²) < 4.78 is 0. The first kappa shape index (κ1) is 15.0. The van der Waals surface area contributed by atoms with E-state index in [2.05, 4.69) is 34.1 Å². The van der Waals surface area contributed by atoms with Gasteiger partial charge >= 0.3 is 0 Å². The Morgan fingerprint density at radius 1 is 0.957 bits per heavy atom. The molecule has 3 rings (SSSR count). The third kappa shape index (κ3) is 3.64. The third-order valence-electron chi connectivity index (χ3n) is 3.77. The molecule has 3 nitrogen and oxygen atoms in total. The largest absolute Gasteiger partial charge is 0.355 e. The Bertz CT molecular complexity index is 782. The summed E-state index contributed by atoms with van der Waals surface area (Å²) in [5, 5.41) is 0. The van der Waals surface area contributed by atoms with Gasteiger partial charge in [0.1, 0.15) is 12.1 Å². The van der Waals surface area contributed by atoms with Gasteiger partial charge in [-0.2, -0.15) is 0 Å². The summed E-state index contributed by atoms with van der Waals surface area (Å²) in [4.78, 5) is 17.2. The van der Waals surface area contributed by atoms with E-state index in [9.17, 15) is 4.79 Å². The van der Waals surface area contributed by atoms with Gasteiger partial charge in [-0.15, -0.1) is 0 Å². The van der Waals surface area contributed by atoms with Crippen LogP contribution in [0.25, 0.3) is 11.1 Å². The molecule has 1 heterocycles. The molecule has 0 amide bonds. The molecule has 23 heavy (non-hydrogen) atoms. The van der Waals surface area contributed by atoms with Gasteiger partial charge in [0.15, 0.2) is 0 Å². The zero-order valence-corrected chi connectivity index (χ0v) is 13.0. The van der Waals surface area contributed by atoms with E-state index in [0.29, 0.717) is 5.56 Å². The van der Waals surface area contributed by atoms with Crippen molar-refractivity contribution in [2.45, 2.75) is 6.54 Å². The molecule has 0 spiro atoms. The zero-order valence-electron chi connectivity index (χ0n) is 13.0. The van der Waals surface area contributed by atoms with Gasteiger partial charge in [-0.05, 0) is 34.9 Å². The minimum absolute atomic E-state index is 0.694. The monoisotopic (exact) mass is 302 g/mol. The lowest BCUT2D eigenvalue weighted by Gasteiger charge is -2.18. The van der Waals surface area contributed by atoms with E-state index in [4.69, 9.17) is 0 Å². The highest BCUT2D eigenvalue weighted by atomic mass is 16.1. The first-order chi connectivity index (χ1) is 11.3. The van der Waals surface area contributed by atoms with Crippen LogP contribution in [0.5, 0.6) is 0 Å². The Labute approximate surface area is 136 Å². The highest BCUT2D eigenvalue weighted by Crippen LogP contribution is 2.22. The molecular weight excluding hydrogens is 284 g/mol. The molecule has 3 aromatic rings. The van der Waals surface area contributed by atoms with Gasteiger partial charge in [0.05, 0.1) is 0 Å². The van der Waals surface area contributed by atoms with Crippen molar-refractivity contribution in [3.8, 4) is 11.1 Å². The van der Waals surface area contributed by atoms with E-state index in [1.807, 2.05) is 49.5 Å². The maximum atomic E-state index is 10.8. The third-order valence-corrected chi connectivity index (χ3v) is 3.77. The Morgan fingerprint density at radius 2 is 1.78 bits per heavy atom. The standard InChI is InChI=1S/C20H18N2O/c1-22(20-7-2-3-12-21-20)14-17-5-4-6-19(13-17)18-10-8-16(15-23)9-11-18/h2-13,15H,14H2,1H3. The van der Waals surface area contributed by atoms with Crippen LogP contribution in [0, 0.1) is 0 Å². The molecule has 114 valence electrons. The van der Waals surface area contributed by atoms with E-state index < -0.39 is 0 Å². The highest BCUT2D eigenvalue weighted by molar-refractivity contribution is 5.77. The van der Waals surface area contributed by atoms with Crippen LogP contribution in [0.15, 0.2) is 72.9 Å². The smallest absolute Gasteiger partial charge is 0.150 e. The van der Waals surface area contributed by atoms with E-state index in [1.54, 1.807) is 6.20 Å². The fourth-order valence-electron chi connectivity index (χ4n) is 2.54. The number of hydrogen-bond acceptors (Lipinski definition) is 3.